The Kier molecular flexibility index (Phi) is 11.8. The van der Waals surface area contributed by atoms with Gasteiger partial charge >= 0.3 is 0 Å². The average Bonchev–Trinajstić information content (AvgIpc) is 2.79. The fourth-order valence-corrected chi connectivity index (χ4v) is 5.09. The zero-order valence-electron chi connectivity index (χ0n) is 19.1. The highest BCUT2D eigenvalue weighted by molar-refractivity contribution is 9.11. The van der Waals surface area contributed by atoms with Gasteiger partial charge in [-0.25, -0.2) is 0 Å². The van der Waals surface area contributed by atoms with Crippen LogP contribution in [0.5, 0.6) is 11.5 Å². The first-order valence-electron chi connectivity index (χ1n) is 10.4. The number of hydrogen-bond acceptors (Lipinski definition) is 7. The Morgan fingerprint density at radius 3 is 2.38 bits per heavy atom. The first-order valence-corrected chi connectivity index (χ1v) is 12.8. The fourth-order valence-electron chi connectivity index (χ4n) is 3.05. The highest BCUT2D eigenvalue weighted by Gasteiger charge is 2.18. The molecule has 2 aromatic carbocycles. The van der Waals surface area contributed by atoms with Gasteiger partial charge in [-0.2, -0.15) is 0 Å². The summed E-state index contributed by atoms with van der Waals surface area (Å²) < 4.78 is 13.1. The molecule has 0 aliphatic carbocycles. The third kappa shape index (κ3) is 8.53. The van der Waals surface area contributed by atoms with Crippen molar-refractivity contribution in [1.82, 2.24) is 10.2 Å². The summed E-state index contributed by atoms with van der Waals surface area (Å²) in [4.78, 5) is 14.6. The van der Waals surface area contributed by atoms with Crippen LogP contribution in [-0.2, 0) is 11.2 Å². The van der Waals surface area contributed by atoms with Gasteiger partial charge in [0.2, 0.25) is 0 Å². The van der Waals surface area contributed by atoms with Gasteiger partial charge in [-0.05, 0) is 104 Å². The zero-order chi connectivity index (χ0) is 25.3. The Hall–Kier alpha value is -1.66. The molecule has 0 bridgehead atoms. The van der Waals surface area contributed by atoms with E-state index in [4.69, 9.17) is 9.47 Å². The summed E-state index contributed by atoms with van der Waals surface area (Å²) in [6.07, 6.45) is 0.0112. The predicted octanol–water partition coefficient (Wildman–Crippen LogP) is 4.54. The Morgan fingerprint density at radius 1 is 1.15 bits per heavy atom. The maximum Gasteiger partial charge on any atom is 0.269 e. The van der Waals surface area contributed by atoms with Crippen LogP contribution in [0.3, 0.4) is 0 Å². The predicted molar refractivity (Wildman–Crippen MR) is 142 cm³/mol. The van der Waals surface area contributed by atoms with Crippen molar-refractivity contribution in [3.05, 3.63) is 54.9 Å². The standard InChI is InChI=1S/C23H28Br3N3O5/c1-29(2)7-4-8-34-22-17(25)11-15(12-18(22)26)20(30)13-27-23(31)19(28-32)10-14-5-6-21(33-3)16(24)9-14/h5-6,9,11-12,20,30,32H,4,7-8,10,13H2,1-3H3,(H,27,31)/b28-19+/t20-/m0/s1. The second-order valence-electron chi connectivity index (χ2n) is 7.74. The number of nitrogens with one attached hydrogen (secondary N) is 1. The van der Waals surface area contributed by atoms with Crippen LogP contribution in [0.2, 0.25) is 0 Å². The smallest absolute Gasteiger partial charge is 0.269 e. The molecule has 34 heavy (non-hydrogen) atoms. The van der Waals surface area contributed by atoms with Gasteiger partial charge in [0.15, 0.2) is 0 Å². The Labute approximate surface area is 224 Å². The molecule has 0 aromatic heterocycles. The van der Waals surface area contributed by atoms with Gasteiger partial charge in [-0.3, -0.25) is 4.79 Å². The van der Waals surface area contributed by atoms with Crippen LogP contribution < -0.4 is 14.8 Å². The molecular weight excluding hydrogens is 638 g/mol. The topological polar surface area (TPSA) is 104 Å². The van der Waals surface area contributed by atoms with Crippen LogP contribution in [0.15, 0.2) is 48.9 Å². The molecule has 0 aliphatic rings. The van der Waals surface area contributed by atoms with Gasteiger partial charge in [0.25, 0.3) is 5.91 Å². The number of nitrogens with zero attached hydrogens (tertiary/aromatic N) is 2. The van der Waals surface area contributed by atoms with Crippen molar-refractivity contribution in [3.8, 4) is 11.5 Å². The summed E-state index contributed by atoms with van der Waals surface area (Å²) in [5.41, 5.74) is 1.26. The summed E-state index contributed by atoms with van der Waals surface area (Å²) >= 11 is 10.4. The number of ether oxygens (including phenoxy) is 2. The summed E-state index contributed by atoms with van der Waals surface area (Å²) in [5.74, 6) is 0.729. The number of carbonyl (C=O) groups excluding carboxylic acids is 1. The third-order valence-corrected chi connectivity index (χ3v) is 6.63. The normalized spacial score (nSPS) is 12.5. The van der Waals surface area contributed by atoms with Crippen molar-refractivity contribution >= 4 is 59.4 Å². The highest BCUT2D eigenvalue weighted by Crippen LogP contribution is 2.36. The molecule has 0 fully saturated rings. The number of oxime groups is 1. The van der Waals surface area contributed by atoms with E-state index in [0.29, 0.717) is 32.6 Å². The summed E-state index contributed by atoms with van der Waals surface area (Å²) in [5, 5.41) is 25.7. The largest absolute Gasteiger partial charge is 0.496 e. The van der Waals surface area contributed by atoms with Gasteiger partial charge in [0.05, 0.1) is 33.2 Å². The van der Waals surface area contributed by atoms with E-state index < -0.39 is 12.0 Å². The molecule has 0 radical (unpaired) electrons. The van der Waals surface area contributed by atoms with Crippen molar-refractivity contribution in [2.75, 3.05) is 40.9 Å². The quantitative estimate of drug-likeness (QED) is 0.133. The van der Waals surface area contributed by atoms with Gasteiger partial charge in [-0.15, -0.1) is 0 Å². The number of aliphatic hydroxyl groups is 1. The number of methoxy groups -OCH3 is 1. The maximum atomic E-state index is 12.5. The zero-order valence-corrected chi connectivity index (χ0v) is 23.9. The average molecular weight is 666 g/mol. The molecular formula is C23H28Br3N3O5. The molecule has 2 aromatic rings. The molecule has 0 aliphatic heterocycles. The number of rotatable bonds is 12. The number of benzene rings is 2. The van der Waals surface area contributed by atoms with E-state index in [2.05, 4.69) is 63.2 Å². The van der Waals surface area contributed by atoms with Gasteiger partial charge in [-0.1, -0.05) is 11.2 Å². The Morgan fingerprint density at radius 2 is 1.82 bits per heavy atom. The van der Waals surface area contributed by atoms with Crippen LogP contribution in [0.4, 0.5) is 0 Å². The minimum absolute atomic E-state index is 0.0634. The molecule has 2 rings (SSSR count). The fraction of sp³-hybridized carbons (Fsp3) is 0.391. The van der Waals surface area contributed by atoms with E-state index in [1.807, 2.05) is 14.1 Å². The van der Waals surface area contributed by atoms with Crippen molar-refractivity contribution < 1.29 is 24.6 Å². The highest BCUT2D eigenvalue weighted by atomic mass is 79.9. The lowest BCUT2D eigenvalue weighted by atomic mass is 10.1. The van der Waals surface area contributed by atoms with Crippen molar-refractivity contribution in [2.45, 2.75) is 18.9 Å². The molecule has 0 heterocycles. The lowest BCUT2D eigenvalue weighted by molar-refractivity contribution is -0.115. The first kappa shape index (κ1) is 28.6. The van der Waals surface area contributed by atoms with E-state index in [1.165, 1.54) is 0 Å². The molecule has 1 amide bonds. The van der Waals surface area contributed by atoms with E-state index >= 15 is 0 Å². The molecule has 186 valence electrons. The molecule has 0 saturated carbocycles. The van der Waals surface area contributed by atoms with Crippen molar-refractivity contribution in [3.63, 3.8) is 0 Å². The van der Waals surface area contributed by atoms with Crippen LogP contribution >= 0.6 is 47.8 Å². The van der Waals surface area contributed by atoms with Gasteiger partial charge in [0, 0.05) is 19.5 Å². The minimum Gasteiger partial charge on any atom is -0.496 e. The van der Waals surface area contributed by atoms with Gasteiger partial charge in [0.1, 0.15) is 17.2 Å². The Bertz CT molecular complexity index is 994. The number of carbonyl (C=O) groups is 1. The summed E-state index contributed by atoms with van der Waals surface area (Å²) in [6, 6.07) is 8.81. The minimum atomic E-state index is -0.977. The molecule has 1 atom stereocenters. The molecule has 0 spiro atoms. The van der Waals surface area contributed by atoms with E-state index in [9.17, 15) is 15.1 Å². The van der Waals surface area contributed by atoms with Crippen molar-refractivity contribution in [1.29, 1.82) is 0 Å². The second-order valence-corrected chi connectivity index (χ2v) is 10.3. The van der Waals surface area contributed by atoms with Crippen molar-refractivity contribution in [2.24, 2.45) is 5.16 Å². The lowest BCUT2D eigenvalue weighted by Crippen LogP contribution is -2.35. The van der Waals surface area contributed by atoms with Crippen LogP contribution in [0.25, 0.3) is 0 Å². The van der Waals surface area contributed by atoms with Crippen LogP contribution in [0.1, 0.15) is 23.7 Å². The molecule has 0 saturated heterocycles. The molecule has 0 unspecified atom stereocenters. The lowest BCUT2D eigenvalue weighted by Gasteiger charge is -2.17. The molecule has 8 nitrogen and oxygen atoms in total. The number of aliphatic hydroxyl groups excluding tert-OH is 1. The molecule has 11 heteroatoms. The second kappa shape index (κ2) is 14.0. The molecule has 3 N–H and O–H groups in total. The summed E-state index contributed by atoms with van der Waals surface area (Å²) in [6.45, 7) is 1.41. The number of halogens is 3. The summed E-state index contributed by atoms with van der Waals surface area (Å²) in [7, 11) is 5.58. The van der Waals surface area contributed by atoms with E-state index in [-0.39, 0.29) is 18.7 Å². The number of amides is 1. The van der Waals surface area contributed by atoms with E-state index in [0.717, 1.165) is 23.0 Å². The number of hydrogen-bond donors (Lipinski definition) is 3. The third-order valence-electron chi connectivity index (χ3n) is 4.83. The first-order chi connectivity index (χ1) is 16.2. The SMILES string of the molecule is COc1ccc(C/C(=N\O)C(=O)NC[C@H](O)c2cc(Br)c(OCCCN(C)C)c(Br)c2)cc1Br. The Balaban J connectivity index is 1.96. The van der Waals surface area contributed by atoms with E-state index in [1.54, 1.807) is 37.4 Å². The van der Waals surface area contributed by atoms with Crippen LogP contribution in [-0.4, -0.2) is 67.7 Å². The monoisotopic (exact) mass is 663 g/mol. The van der Waals surface area contributed by atoms with Crippen LogP contribution in [0, 0.1) is 0 Å². The van der Waals surface area contributed by atoms with Gasteiger partial charge < -0.3 is 30.0 Å². The maximum absolute atomic E-state index is 12.5.